The molecule has 8 saturated heterocycles. The largest absolute Gasteiger partial charge is 0.443 e. The molecule has 0 aromatic rings. The fourth-order valence-electron chi connectivity index (χ4n) is 11.7. The van der Waals surface area contributed by atoms with Crippen molar-refractivity contribution >= 4 is 9.84 Å². The van der Waals surface area contributed by atoms with Gasteiger partial charge in [-0.3, -0.25) is 0 Å². The van der Waals surface area contributed by atoms with Crippen molar-refractivity contribution in [3.63, 3.8) is 0 Å². The Morgan fingerprint density at radius 3 is 1.31 bits per heavy atom. The van der Waals surface area contributed by atoms with Crippen molar-refractivity contribution in [2.45, 2.75) is 152 Å². The summed E-state index contributed by atoms with van der Waals surface area (Å²) in [5, 5.41) is 0. The lowest BCUT2D eigenvalue weighted by Crippen LogP contribution is -2.76. The van der Waals surface area contributed by atoms with Crippen LogP contribution >= 0.6 is 0 Å². The molecule has 10 rings (SSSR count). The van der Waals surface area contributed by atoms with Gasteiger partial charge in [0, 0.05) is 36.5 Å². The Bertz CT molecular complexity index is 1490. The van der Waals surface area contributed by atoms with E-state index in [1.54, 1.807) is 13.8 Å². The van der Waals surface area contributed by atoms with Gasteiger partial charge in [0.25, 0.3) is 11.6 Å². The van der Waals surface area contributed by atoms with Gasteiger partial charge in [-0.15, -0.1) is 0 Å². The highest BCUT2D eigenvalue weighted by Gasteiger charge is 2.79. The van der Waals surface area contributed by atoms with Gasteiger partial charge in [0.05, 0.1) is 24.7 Å². The van der Waals surface area contributed by atoms with Crippen LogP contribution in [0, 0.1) is 47.3 Å². The van der Waals surface area contributed by atoms with E-state index < -0.39 is 118 Å². The lowest BCUT2D eigenvalue weighted by Gasteiger charge is -2.62. The summed E-state index contributed by atoms with van der Waals surface area (Å²) >= 11 is 0. The lowest BCUT2D eigenvalue weighted by molar-refractivity contribution is -0.598. The summed E-state index contributed by atoms with van der Waals surface area (Å²) in [5.41, 5.74) is -2.67. The summed E-state index contributed by atoms with van der Waals surface area (Å²) in [6, 6.07) is 0. The van der Waals surface area contributed by atoms with Crippen molar-refractivity contribution in [1.29, 1.82) is 0 Å². The SMILES string of the molecule is C[C@@H]1CC[C@H]2[C@@H](C)[C@](OCCS(=O)(=O)CCO[C@@]3(C(F)(F)F)O[C@@H]4O[C@@]5(C)CC[C@H]6[C@H](C)CC[C@@H]([C@H]3C)[C@@]46OO5)(C(F)(F)F)O[C@@H]3O[C@@]4(C)CC[C@@H]1[C@]32OO4. The summed E-state index contributed by atoms with van der Waals surface area (Å²) in [5.74, 6) is -15.8. The van der Waals surface area contributed by atoms with Crippen molar-refractivity contribution in [3.8, 4) is 0 Å². The number of sulfone groups is 1. The van der Waals surface area contributed by atoms with Crippen LogP contribution in [0.25, 0.3) is 0 Å². The third kappa shape index (κ3) is 5.92. The molecular formula is C36H52F6O12S. The van der Waals surface area contributed by atoms with Crippen molar-refractivity contribution in [2.75, 3.05) is 24.7 Å². The molecule has 0 radical (unpaired) electrons. The summed E-state index contributed by atoms with van der Waals surface area (Å²) in [4.78, 5) is 23.3. The third-order valence-electron chi connectivity index (χ3n) is 14.7. The van der Waals surface area contributed by atoms with Crippen LogP contribution in [0.3, 0.4) is 0 Å². The molecule has 2 saturated carbocycles. The fraction of sp³-hybridized carbons (Fsp3) is 1.00. The first-order valence-electron chi connectivity index (χ1n) is 19.5. The van der Waals surface area contributed by atoms with E-state index in [4.69, 9.17) is 48.0 Å². The number of hydrogen-bond acceptors (Lipinski definition) is 12. The summed E-state index contributed by atoms with van der Waals surface area (Å²) in [6.07, 6.45) is -9.56. The number of halogens is 6. The molecule has 19 heteroatoms. The predicted octanol–water partition coefficient (Wildman–Crippen LogP) is 6.72. The van der Waals surface area contributed by atoms with E-state index in [0.29, 0.717) is 51.4 Å². The van der Waals surface area contributed by atoms with Gasteiger partial charge in [-0.2, -0.15) is 26.3 Å². The van der Waals surface area contributed by atoms with Crippen molar-refractivity contribution in [3.05, 3.63) is 0 Å². The van der Waals surface area contributed by atoms with E-state index in [1.807, 2.05) is 13.8 Å². The first-order valence-corrected chi connectivity index (χ1v) is 21.4. The van der Waals surface area contributed by atoms with Crippen LogP contribution < -0.4 is 0 Å². The smallest absolute Gasteiger partial charge is 0.341 e. The Morgan fingerprint density at radius 1 is 0.564 bits per heavy atom. The van der Waals surface area contributed by atoms with Crippen LogP contribution in [0.4, 0.5) is 26.3 Å². The Morgan fingerprint density at radius 2 is 0.945 bits per heavy atom. The molecule has 0 N–H and O–H groups in total. The van der Waals surface area contributed by atoms with Gasteiger partial charge >= 0.3 is 12.4 Å². The highest BCUT2D eigenvalue weighted by molar-refractivity contribution is 7.91. The van der Waals surface area contributed by atoms with E-state index in [1.165, 1.54) is 13.8 Å². The molecule has 0 aromatic carbocycles. The Kier molecular flexibility index (Phi) is 9.71. The maximum absolute atomic E-state index is 15.2. The van der Waals surface area contributed by atoms with Gasteiger partial charge in [0.2, 0.25) is 11.6 Å². The molecule has 2 spiro atoms. The fourth-order valence-corrected chi connectivity index (χ4v) is 12.6. The zero-order valence-electron chi connectivity index (χ0n) is 31.8. The average molecular weight is 823 g/mol. The molecule has 12 nitrogen and oxygen atoms in total. The van der Waals surface area contributed by atoms with E-state index in [9.17, 15) is 8.42 Å². The van der Waals surface area contributed by atoms with Crippen LogP contribution in [0.2, 0.25) is 0 Å². The van der Waals surface area contributed by atoms with Crippen LogP contribution in [-0.4, -0.2) is 92.4 Å². The van der Waals surface area contributed by atoms with E-state index in [-0.39, 0.29) is 23.7 Å². The van der Waals surface area contributed by atoms with Gasteiger partial charge in [0.15, 0.2) is 33.6 Å². The third-order valence-corrected chi connectivity index (χ3v) is 16.3. The molecule has 8 heterocycles. The highest BCUT2D eigenvalue weighted by Crippen LogP contribution is 2.66. The molecule has 316 valence electrons. The Hall–Kier alpha value is -0.870. The Labute approximate surface area is 316 Å². The van der Waals surface area contributed by atoms with Gasteiger partial charge in [-0.05, 0) is 76.0 Å². The number of hydrogen-bond donors (Lipinski definition) is 0. The standard InChI is InChI=1S/C36H52F6O12S/c1-19-7-9-25-21(3)33(35(37,38)39,49-27-31(25)23(19)11-13-29(5,47-27)51-53-31)45-15-17-55(43,44)18-16-46-34(36(40,41)42)22(4)26-10-8-20(2)24-12-14-30(6)48-28(50-34)32(24,26)54-52-30/h19-28H,7-18H2,1-6H3/t19-,20-,21-,22-,23+,24+,25+,26+,27+,28+,29-,30-,31-,32-,33-,34-/m1/s1. The van der Waals surface area contributed by atoms with Gasteiger partial charge < -0.3 is 28.4 Å². The summed E-state index contributed by atoms with van der Waals surface area (Å²) in [6.45, 7) is 7.87. The molecule has 4 bridgehead atoms. The summed E-state index contributed by atoms with van der Waals surface area (Å²) < 4.78 is 153. The Balaban J connectivity index is 0.981. The van der Waals surface area contributed by atoms with Gasteiger partial charge in [0.1, 0.15) is 0 Å². The minimum atomic E-state index is -5.14. The molecule has 0 amide bonds. The van der Waals surface area contributed by atoms with Crippen LogP contribution in [0.5, 0.6) is 0 Å². The molecule has 10 fully saturated rings. The predicted molar refractivity (Wildman–Crippen MR) is 174 cm³/mol. The van der Waals surface area contributed by atoms with Crippen LogP contribution in [0.1, 0.15) is 92.9 Å². The van der Waals surface area contributed by atoms with E-state index in [2.05, 4.69) is 0 Å². The zero-order chi connectivity index (χ0) is 39.8. The first-order chi connectivity index (χ1) is 25.5. The maximum Gasteiger partial charge on any atom is 0.443 e. The van der Waals surface area contributed by atoms with Crippen molar-refractivity contribution < 1.29 is 82.7 Å². The van der Waals surface area contributed by atoms with E-state index >= 15 is 26.3 Å². The number of alkyl halides is 6. The second-order valence-corrected chi connectivity index (χ2v) is 20.1. The molecular weight excluding hydrogens is 770 g/mol. The van der Waals surface area contributed by atoms with Crippen LogP contribution in [0.15, 0.2) is 0 Å². The second kappa shape index (κ2) is 13.1. The number of fused-ring (bicyclic) bond motifs is 4. The van der Waals surface area contributed by atoms with Crippen molar-refractivity contribution in [2.24, 2.45) is 47.3 Å². The normalized spacial score (nSPS) is 52.2. The molecule has 0 aromatic heterocycles. The topological polar surface area (TPSA) is 126 Å². The molecule has 10 aliphatic rings. The first kappa shape index (κ1) is 40.9. The van der Waals surface area contributed by atoms with Gasteiger partial charge in [-0.25, -0.2) is 28.0 Å². The molecule has 0 unspecified atom stereocenters. The highest BCUT2D eigenvalue weighted by atomic mass is 32.2. The van der Waals surface area contributed by atoms with Crippen LogP contribution in [-0.2, 0) is 57.8 Å². The van der Waals surface area contributed by atoms with E-state index in [0.717, 1.165) is 0 Å². The average Bonchev–Trinajstić information content (AvgIpc) is 3.45. The number of rotatable bonds is 8. The number of ether oxygens (including phenoxy) is 6. The van der Waals surface area contributed by atoms with Crippen molar-refractivity contribution in [1.82, 2.24) is 0 Å². The quantitative estimate of drug-likeness (QED) is 0.191. The monoisotopic (exact) mass is 822 g/mol. The summed E-state index contributed by atoms with van der Waals surface area (Å²) in [7, 11) is -4.36. The molecule has 2 aliphatic carbocycles. The molecule has 55 heavy (non-hydrogen) atoms. The minimum absolute atomic E-state index is 0.0807. The maximum atomic E-state index is 15.2. The second-order valence-electron chi connectivity index (χ2n) is 17.8. The minimum Gasteiger partial charge on any atom is -0.341 e. The lowest BCUT2D eigenvalue weighted by atomic mass is 9.57. The molecule has 8 aliphatic heterocycles. The molecule has 16 atom stereocenters. The van der Waals surface area contributed by atoms with Gasteiger partial charge in [-0.1, -0.05) is 27.7 Å². The zero-order valence-corrected chi connectivity index (χ0v) is 32.7.